The van der Waals surface area contributed by atoms with Gasteiger partial charge < -0.3 is 10.5 Å². The molecule has 2 aromatic carbocycles. The number of halogens is 6. The van der Waals surface area contributed by atoms with Gasteiger partial charge in [-0.1, -0.05) is 6.07 Å². The molecule has 0 unspecified atom stereocenters. The van der Waals surface area contributed by atoms with Gasteiger partial charge in [0.25, 0.3) is 0 Å². The lowest BCUT2D eigenvalue weighted by Crippen LogP contribution is -2.24. The van der Waals surface area contributed by atoms with Crippen LogP contribution < -0.4 is 10.5 Å². The fraction of sp³-hybridized carbons (Fsp3) is 0.333. The maximum atomic E-state index is 13.8. The summed E-state index contributed by atoms with van der Waals surface area (Å²) in [6.07, 6.45) is -4.33. The van der Waals surface area contributed by atoms with Gasteiger partial charge in [-0.25, -0.2) is 17.6 Å². The average Bonchev–Trinajstić information content (AvgIpc) is 2.55. The summed E-state index contributed by atoms with van der Waals surface area (Å²) >= 11 is 0. The van der Waals surface area contributed by atoms with Gasteiger partial charge in [0, 0.05) is 5.56 Å². The highest BCUT2D eigenvalue weighted by atomic mass is 19.3. The minimum atomic E-state index is -4.52. The van der Waals surface area contributed by atoms with Gasteiger partial charge >= 0.3 is 12.3 Å². The van der Waals surface area contributed by atoms with E-state index in [1.165, 1.54) is 12.1 Å². The molecule has 0 radical (unpaired) electrons. The van der Waals surface area contributed by atoms with Crippen LogP contribution in [0.2, 0.25) is 0 Å². The largest absolute Gasteiger partial charge is 0.488 e. The van der Waals surface area contributed by atoms with E-state index in [0.29, 0.717) is 12.1 Å². The molecular formula is C18H17F6NO. The Kier molecular flexibility index (Phi) is 5.85. The molecule has 2 N–H and O–H groups in total. The molecule has 0 fully saturated rings. The van der Waals surface area contributed by atoms with Crippen LogP contribution in [0.25, 0.3) is 0 Å². The highest BCUT2D eigenvalue weighted by Gasteiger charge is 2.43. The molecule has 2 rings (SSSR count). The molecule has 0 aliphatic carbocycles. The molecule has 0 heterocycles. The fourth-order valence-electron chi connectivity index (χ4n) is 2.36. The molecule has 0 aliphatic heterocycles. The first kappa shape index (κ1) is 20.1. The number of alkyl halides is 4. The van der Waals surface area contributed by atoms with E-state index in [1.807, 2.05) is 0 Å². The zero-order valence-corrected chi connectivity index (χ0v) is 13.9. The van der Waals surface area contributed by atoms with Gasteiger partial charge in [-0.3, -0.25) is 0 Å². The molecule has 0 amide bonds. The number of hydrogen-bond donors (Lipinski definition) is 1. The Morgan fingerprint density at radius 1 is 0.962 bits per heavy atom. The number of ether oxygens (including phenoxy) is 1. The molecule has 0 aromatic heterocycles. The standard InChI is InChI=1S/C18H17F6NO/c1-9(2)26-15-7-10(3-4-14(15)20)16(25)11-5-12(8-13(19)6-11)18(23,24)17(21)22/h3-9,16-17H,25H2,1-2H3/t16-/m1/s1. The van der Waals surface area contributed by atoms with Crippen molar-refractivity contribution in [2.24, 2.45) is 5.73 Å². The lowest BCUT2D eigenvalue weighted by molar-refractivity contribution is -0.135. The van der Waals surface area contributed by atoms with Crippen molar-refractivity contribution >= 4 is 0 Å². The summed E-state index contributed by atoms with van der Waals surface area (Å²) < 4.78 is 84.9. The van der Waals surface area contributed by atoms with E-state index in [-0.39, 0.29) is 23.0 Å². The Bertz CT molecular complexity index is 778. The fourth-order valence-corrected chi connectivity index (χ4v) is 2.36. The first-order chi connectivity index (χ1) is 12.0. The van der Waals surface area contributed by atoms with Gasteiger partial charge in [-0.15, -0.1) is 0 Å². The van der Waals surface area contributed by atoms with Gasteiger partial charge in [-0.05, 0) is 55.3 Å². The van der Waals surface area contributed by atoms with Crippen molar-refractivity contribution in [3.05, 3.63) is 64.7 Å². The third kappa shape index (κ3) is 4.30. The van der Waals surface area contributed by atoms with Crippen LogP contribution in [0.5, 0.6) is 5.75 Å². The van der Waals surface area contributed by atoms with E-state index in [1.54, 1.807) is 13.8 Å². The van der Waals surface area contributed by atoms with Gasteiger partial charge in [0.2, 0.25) is 0 Å². The first-order valence-corrected chi connectivity index (χ1v) is 7.71. The summed E-state index contributed by atoms with van der Waals surface area (Å²) in [6, 6.07) is 4.38. The smallest absolute Gasteiger partial charge is 0.332 e. The highest BCUT2D eigenvalue weighted by Crippen LogP contribution is 2.37. The molecule has 0 spiro atoms. The van der Waals surface area contributed by atoms with Crippen LogP contribution in [0.1, 0.15) is 36.6 Å². The Balaban J connectivity index is 2.44. The summed E-state index contributed by atoms with van der Waals surface area (Å²) in [6.45, 7) is 3.36. The van der Waals surface area contributed by atoms with Crippen LogP contribution in [-0.2, 0) is 5.92 Å². The van der Waals surface area contributed by atoms with Gasteiger partial charge in [0.1, 0.15) is 5.82 Å². The SMILES string of the molecule is CC(C)Oc1cc([C@@H](N)c2cc(F)cc(C(F)(F)C(F)F)c2)ccc1F. The van der Waals surface area contributed by atoms with Crippen molar-refractivity contribution in [3.63, 3.8) is 0 Å². The van der Waals surface area contributed by atoms with E-state index in [0.717, 1.165) is 12.1 Å². The molecule has 142 valence electrons. The van der Waals surface area contributed by atoms with Crippen molar-refractivity contribution in [3.8, 4) is 5.75 Å². The van der Waals surface area contributed by atoms with Crippen LogP contribution in [-0.4, -0.2) is 12.5 Å². The molecule has 2 aromatic rings. The quantitative estimate of drug-likeness (QED) is 0.706. The maximum absolute atomic E-state index is 13.8. The molecular weight excluding hydrogens is 360 g/mol. The molecule has 0 saturated heterocycles. The minimum Gasteiger partial charge on any atom is -0.488 e. The van der Waals surface area contributed by atoms with Gasteiger partial charge in [0.15, 0.2) is 11.6 Å². The Morgan fingerprint density at radius 3 is 2.19 bits per heavy atom. The van der Waals surface area contributed by atoms with Crippen LogP contribution >= 0.6 is 0 Å². The molecule has 1 atom stereocenters. The van der Waals surface area contributed by atoms with Crippen molar-refractivity contribution in [2.75, 3.05) is 0 Å². The second-order valence-corrected chi connectivity index (χ2v) is 6.03. The molecule has 0 bridgehead atoms. The van der Waals surface area contributed by atoms with Gasteiger partial charge in [-0.2, -0.15) is 8.78 Å². The number of rotatable bonds is 6. The predicted molar refractivity (Wildman–Crippen MR) is 84.5 cm³/mol. The minimum absolute atomic E-state index is 0.109. The topological polar surface area (TPSA) is 35.2 Å². The molecule has 8 heteroatoms. The average molecular weight is 377 g/mol. The Morgan fingerprint density at radius 2 is 1.62 bits per heavy atom. The molecule has 26 heavy (non-hydrogen) atoms. The second-order valence-electron chi connectivity index (χ2n) is 6.03. The number of nitrogens with two attached hydrogens (primary N) is 1. The predicted octanol–water partition coefficient (Wildman–Crippen LogP) is 5.16. The first-order valence-electron chi connectivity index (χ1n) is 7.71. The third-order valence-electron chi connectivity index (χ3n) is 3.62. The zero-order chi connectivity index (χ0) is 19.6. The number of benzene rings is 2. The van der Waals surface area contributed by atoms with Gasteiger partial charge in [0.05, 0.1) is 12.1 Å². The lowest BCUT2D eigenvalue weighted by atomic mass is 9.95. The molecule has 0 aliphatic rings. The van der Waals surface area contributed by atoms with Crippen LogP contribution in [0.3, 0.4) is 0 Å². The van der Waals surface area contributed by atoms with Crippen molar-refractivity contribution in [1.82, 2.24) is 0 Å². The molecule has 0 saturated carbocycles. The Labute approximate surface area is 146 Å². The van der Waals surface area contributed by atoms with E-state index in [2.05, 4.69) is 0 Å². The van der Waals surface area contributed by atoms with E-state index >= 15 is 0 Å². The summed E-state index contributed by atoms with van der Waals surface area (Å²) in [5, 5.41) is 0. The van der Waals surface area contributed by atoms with E-state index in [9.17, 15) is 26.3 Å². The lowest BCUT2D eigenvalue weighted by Gasteiger charge is -2.20. The summed E-state index contributed by atoms with van der Waals surface area (Å²) in [5.41, 5.74) is 4.86. The van der Waals surface area contributed by atoms with Crippen molar-refractivity contribution in [1.29, 1.82) is 0 Å². The highest BCUT2D eigenvalue weighted by molar-refractivity contribution is 5.39. The van der Waals surface area contributed by atoms with E-state index < -0.39 is 35.6 Å². The van der Waals surface area contributed by atoms with E-state index in [4.69, 9.17) is 10.5 Å². The third-order valence-corrected chi connectivity index (χ3v) is 3.62. The van der Waals surface area contributed by atoms with Crippen molar-refractivity contribution < 1.29 is 31.1 Å². The summed E-state index contributed by atoms with van der Waals surface area (Å²) in [7, 11) is 0. The molecule has 2 nitrogen and oxygen atoms in total. The normalized spacial score (nSPS) is 13.3. The number of hydrogen-bond acceptors (Lipinski definition) is 2. The summed E-state index contributed by atoms with van der Waals surface area (Å²) in [5.74, 6) is -6.42. The second kappa shape index (κ2) is 7.57. The van der Waals surface area contributed by atoms with Crippen LogP contribution in [0, 0.1) is 11.6 Å². The Hall–Kier alpha value is -2.22. The maximum Gasteiger partial charge on any atom is 0.332 e. The summed E-state index contributed by atoms with van der Waals surface area (Å²) in [4.78, 5) is 0. The van der Waals surface area contributed by atoms with Crippen LogP contribution in [0.15, 0.2) is 36.4 Å². The zero-order valence-electron chi connectivity index (χ0n) is 13.9. The monoisotopic (exact) mass is 377 g/mol. The van der Waals surface area contributed by atoms with Crippen LogP contribution in [0.4, 0.5) is 26.3 Å². The van der Waals surface area contributed by atoms with Crippen molar-refractivity contribution in [2.45, 2.75) is 38.3 Å².